The summed E-state index contributed by atoms with van der Waals surface area (Å²) in [4.78, 5) is 15.2. The number of anilines is 1. The smallest absolute Gasteiger partial charge is 0.276 e. The van der Waals surface area contributed by atoms with E-state index in [1.165, 1.54) is 4.88 Å². The first-order valence-corrected chi connectivity index (χ1v) is 7.10. The maximum atomic E-state index is 12.2. The molecule has 19 heavy (non-hydrogen) atoms. The number of aryl methyl sites for hydroxylation is 1. The average Bonchev–Trinajstić information content (AvgIpc) is 3.04. The molecule has 0 bridgehead atoms. The van der Waals surface area contributed by atoms with Crippen molar-refractivity contribution < 1.29 is 4.79 Å². The number of carbonyl (C=O) groups excluding carboxylic acids is 1. The molecule has 1 amide bonds. The standard InChI is InChI=1S/C13H18N4OS/c1-3-17-9-11(14)12(15-17)13(18)16(2)7-6-10-5-4-8-19-10/h4-5,8-9H,3,6-7,14H2,1-2H3. The second kappa shape index (κ2) is 5.88. The Labute approximate surface area is 116 Å². The van der Waals surface area contributed by atoms with Crippen molar-refractivity contribution in [1.82, 2.24) is 14.7 Å². The molecule has 0 saturated heterocycles. The molecular formula is C13H18N4OS. The van der Waals surface area contributed by atoms with Crippen molar-refractivity contribution in [2.24, 2.45) is 0 Å². The summed E-state index contributed by atoms with van der Waals surface area (Å²) in [6.07, 6.45) is 2.55. The highest BCUT2D eigenvalue weighted by molar-refractivity contribution is 7.09. The fourth-order valence-electron chi connectivity index (χ4n) is 1.78. The first kappa shape index (κ1) is 13.6. The first-order chi connectivity index (χ1) is 9.11. The first-order valence-electron chi connectivity index (χ1n) is 6.22. The van der Waals surface area contributed by atoms with E-state index >= 15 is 0 Å². The molecule has 0 radical (unpaired) electrons. The van der Waals surface area contributed by atoms with Crippen molar-refractivity contribution in [3.8, 4) is 0 Å². The number of hydrogen-bond acceptors (Lipinski definition) is 4. The zero-order valence-electron chi connectivity index (χ0n) is 11.2. The van der Waals surface area contributed by atoms with Crippen LogP contribution in [0.1, 0.15) is 22.3 Å². The second-order valence-corrected chi connectivity index (χ2v) is 5.38. The van der Waals surface area contributed by atoms with Gasteiger partial charge in [0.25, 0.3) is 5.91 Å². The minimum atomic E-state index is -0.124. The third-order valence-corrected chi connectivity index (χ3v) is 3.87. The van der Waals surface area contributed by atoms with Gasteiger partial charge >= 0.3 is 0 Å². The largest absolute Gasteiger partial charge is 0.396 e. The van der Waals surface area contributed by atoms with Crippen LogP contribution in [0.5, 0.6) is 0 Å². The number of nitrogens with zero attached hydrogens (tertiary/aromatic N) is 3. The maximum Gasteiger partial charge on any atom is 0.276 e. The number of hydrogen-bond donors (Lipinski definition) is 1. The predicted octanol–water partition coefficient (Wildman–Crippen LogP) is 1.86. The van der Waals surface area contributed by atoms with Gasteiger partial charge in [0.15, 0.2) is 5.69 Å². The molecule has 0 unspecified atom stereocenters. The van der Waals surface area contributed by atoms with Crippen molar-refractivity contribution in [1.29, 1.82) is 0 Å². The van der Waals surface area contributed by atoms with Crippen LogP contribution in [-0.2, 0) is 13.0 Å². The number of aromatic nitrogens is 2. The van der Waals surface area contributed by atoms with Crippen LogP contribution >= 0.6 is 11.3 Å². The number of likely N-dealkylation sites (N-methyl/N-ethyl adjacent to an activating group) is 1. The summed E-state index contributed by atoms with van der Waals surface area (Å²) in [5, 5.41) is 6.24. The number of amides is 1. The van der Waals surface area contributed by atoms with Gasteiger partial charge in [-0.2, -0.15) is 5.10 Å². The Kier molecular flexibility index (Phi) is 4.21. The lowest BCUT2D eigenvalue weighted by Crippen LogP contribution is -2.29. The molecule has 0 aliphatic rings. The zero-order chi connectivity index (χ0) is 13.8. The summed E-state index contributed by atoms with van der Waals surface area (Å²) in [6, 6.07) is 4.09. The quantitative estimate of drug-likeness (QED) is 0.908. The lowest BCUT2D eigenvalue weighted by atomic mass is 10.3. The van der Waals surface area contributed by atoms with Gasteiger partial charge in [0.2, 0.25) is 0 Å². The topological polar surface area (TPSA) is 64.2 Å². The number of nitrogens with two attached hydrogens (primary N) is 1. The molecule has 0 atom stereocenters. The van der Waals surface area contributed by atoms with E-state index in [4.69, 9.17) is 5.73 Å². The van der Waals surface area contributed by atoms with Crippen LogP contribution in [0.15, 0.2) is 23.7 Å². The summed E-state index contributed by atoms with van der Waals surface area (Å²) in [7, 11) is 1.78. The SMILES string of the molecule is CCn1cc(N)c(C(=O)N(C)CCc2cccs2)n1. The van der Waals surface area contributed by atoms with Crippen molar-refractivity contribution in [2.45, 2.75) is 19.9 Å². The molecule has 6 heteroatoms. The molecule has 0 aromatic carbocycles. The Bertz CT molecular complexity index is 547. The van der Waals surface area contributed by atoms with Crippen molar-refractivity contribution in [3.63, 3.8) is 0 Å². The number of thiophene rings is 1. The van der Waals surface area contributed by atoms with Crippen LogP contribution in [-0.4, -0.2) is 34.2 Å². The Balaban J connectivity index is 1.99. The molecule has 0 aliphatic heterocycles. The molecule has 0 aliphatic carbocycles. The second-order valence-electron chi connectivity index (χ2n) is 4.34. The average molecular weight is 278 g/mol. The molecule has 2 aromatic heterocycles. The van der Waals surface area contributed by atoms with E-state index in [9.17, 15) is 4.79 Å². The van der Waals surface area contributed by atoms with E-state index in [-0.39, 0.29) is 5.91 Å². The Morgan fingerprint density at radius 2 is 2.37 bits per heavy atom. The van der Waals surface area contributed by atoms with Gasteiger partial charge in [0.1, 0.15) is 0 Å². The lowest BCUT2D eigenvalue weighted by Gasteiger charge is -2.15. The highest BCUT2D eigenvalue weighted by Crippen LogP contribution is 2.13. The normalized spacial score (nSPS) is 10.6. The number of nitrogen functional groups attached to an aromatic ring is 1. The molecule has 5 nitrogen and oxygen atoms in total. The Morgan fingerprint density at radius 3 is 2.95 bits per heavy atom. The predicted molar refractivity (Wildman–Crippen MR) is 77.3 cm³/mol. The molecule has 2 heterocycles. The summed E-state index contributed by atoms with van der Waals surface area (Å²) in [5.74, 6) is -0.124. The molecule has 2 aromatic rings. The van der Waals surface area contributed by atoms with Gasteiger partial charge in [-0.05, 0) is 24.8 Å². The summed E-state index contributed by atoms with van der Waals surface area (Å²) in [5.41, 5.74) is 6.60. The van der Waals surface area contributed by atoms with E-state index in [0.29, 0.717) is 24.5 Å². The highest BCUT2D eigenvalue weighted by Gasteiger charge is 2.18. The molecule has 0 fully saturated rings. The molecule has 2 N–H and O–H groups in total. The Morgan fingerprint density at radius 1 is 1.58 bits per heavy atom. The molecule has 102 valence electrons. The number of carbonyl (C=O) groups is 1. The van der Waals surface area contributed by atoms with E-state index < -0.39 is 0 Å². The molecular weight excluding hydrogens is 260 g/mol. The zero-order valence-corrected chi connectivity index (χ0v) is 12.0. The summed E-state index contributed by atoms with van der Waals surface area (Å²) in [6.45, 7) is 3.33. The number of rotatable bonds is 5. The molecule has 0 spiro atoms. The van der Waals surface area contributed by atoms with Gasteiger partial charge in [-0.1, -0.05) is 6.07 Å². The maximum absolute atomic E-state index is 12.2. The molecule has 2 rings (SSSR count). The van der Waals surface area contributed by atoms with Gasteiger partial charge in [0, 0.05) is 31.2 Å². The highest BCUT2D eigenvalue weighted by atomic mass is 32.1. The van der Waals surface area contributed by atoms with Gasteiger partial charge in [-0.25, -0.2) is 0 Å². The Hall–Kier alpha value is -1.82. The van der Waals surface area contributed by atoms with Gasteiger partial charge < -0.3 is 10.6 Å². The van der Waals surface area contributed by atoms with E-state index in [2.05, 4.69) is 11.2 Å². The third-order valence-electron chi connectivity index (χ3n) is 2.94. The fraction of sp³-hybridized carbons (Fsp3) is 0.385. The third kappa shape index (κ3) is 3.14. The monoisotopic (exact) mass is 278 g/mol. The van der Waals surface area contributed by atoms with Gasteiger partial charge in [-0.15, -0.1) is 11.3 Å². The lowest BCUT2D eigenvalue weighted by molar-refractivity contribution is 0.0791. The van der Waals surface area contributed by atoms with Crippen LogP contribution in [0.3, 0.4) is 0 Å². The summed E-state index contributed by atoms with van der Waals surface area (Å²) >= 11 is 1.70. The fourth-order valence-corrected chi connectivity index (χ4v) is 2.48. The van der Waals surface area contributed by atoms with E-state index in [1.807, 2.05) is 18.4 Å². The van der Waals surface area contributed by atoms with E-state index in [0.717, 1.165) is 6.42 Å². The van der Waals surface area contributed by atoms with Gasteiger partial charge in [-0.3, -0.25) is 9.48 Å². The minimum Gasteiger partial charge on any atom is -0.396 e. The minimum absolute atomic E-state index is 0.124. The summed E-state index contributed by atoms with van der Waals surface area (Å²) < 4.78 is 1.68. The van der Waals surface area contributed by atoms with Crippen molar-refractivity contribution in [3.05, 3.63) is 34.3 Å². The van der Waals surface area contributed by atoms with Crippen LogP contribution in [0.4, 0.5) is 5.69 Å². The van der Waals surface area contributed by atoms with Crippen molar-refractivity contribution in [2.75, 3.05) is 19.3 Å². The van der Waals surface area contributed by atoms with E-state index in [1.54, 1.807) is 34.2 Å². The van der Waals surface area contributed by atoms with Crippen LogP contribution in [0, 0.1) is 0 Å². The van der Waals surface area contributed by atoms with Crippen LogP contribution < -0.4 is 5.73 Å². The van der Waals surface area contributed by atoms with Gasteiger partial charge in [0.05, 0.1) is 5.69 Å². The molecule has 0 saturated carbocycles. The van der Waals surface area contributed by atoms with Crippen molar-refractivity contribution >= 4 is 22.9 Å². The van der Waals surface area contributed by atoms with Crippen LogP contribution in [0.2, 0.25) is 0 Å². The van der Waals surface area contributed by atoms with Crippen LogP contribution in [0.25, 0.3) is 0 Å².